The van der Waals surface area contributed by atoms with Crippen molar-refractivity contribution in [2.45, 2.75) is 169 Å². The zero-order valence-corrected chi connectivity index (χ0v) is 27.3. The third kappa shape index (κ3) is 17.8. The van der Waals surface area contributed by atoms with Crippen LogP contribution in [0.5, 0.6) is 0 Å². The Hall–Kier alpha value is -1.77. The molecule has 0 fully saturated rings. The lowest BCUT2D eigenvalue weighted by molar-refractivity contribution is 0.112. The highest BCUT2D eigenvalue weighted by molar-refractivity contribution is 5.69. The summed E-state index contributed by atoms with van der Waals surface area (Å²) in [5, 5.41) is 3.11. The molecule has 0 heterocycles. The van der Waals surface area contributed by atoms with Crippen LogP contribution in [0.15, 0.2) is 30.8 Å². The molecule has 0 aliphatic carbocycles. The molecule has 0 saturated heterocycles. The molecule has 3 nitrogen and oxygen atoms in total. The third-order valence-corrected chi connectivity index (χ3v) is 8.37. The lowest BCUT2D eigenvalue weighted by Crippen LogP contribution is -2.41. The van der Waals surface area contributed by atoms with Crippen molar-refractivity contribution >= 4 is 11.7 Å². The van der Waals surface area contributed by atoms with Crippen LogP contribution in [0.25, 0.3) is 5.57 Å². The van der Waals surface area contributed by atoms with Crippen LogP contribution < -0.4 is 5.32 Å². The van der Waals surface area contributed by atoms with Crippen LogP contribution in [-0.2, 0) is 10.3 Å². The van der Waals surface area contributed by atoms with Gasteiger partial charge in [-0.1, -0.05) is 160 Å². The van der Waals surface area contributed by atoms with Crippen molar-refractivity contribution in [1.82, 2.24) is 5.32 Å². The van der Waals surface area contributed by atoms with Crippen LogP contribution in [0.1, 0.15) is 174 Å². The standard InChI is InChI=1S/C37H65NO2/c1-7-9-11-13-15-17-18-20-22-24-27-33(26-23-21-19-16-14-12-10-8-2)31-40-36(39)38-37(5,6)35-29-25-28-34(30-35)32(3)4/h25,28-30,33H,3,7-24,26-27,31H2,1-2,4-6H3,(H,38,39). The van der Waals surface area contributed by atoms with Gasteiger partial charge in [0.25, 0.3) is 0 Å². The van der Waals surface area contributed by atoms with Gasteiger partial charge in [-0.15, -0.1) is 0 Å². The fourth-order valence-corrected chi connectivity index (χ4v) is 5.53. The molecule has 0 aliphatic heterocycles. The fourth-order valence-electron chi connectivity index (χ4n) is 5.53. The summed E-state index contributed by atoms with van der Waals surface area (Å²) in [6.45, 7) is 15.2. The van der Waals surface area contributed by atoms with Crippen molar-refractivity contribution in [3.05, 3.63) is 42.0 Å². The molecule has 0 radical (unpaired) electrons. The lowest BCUT2D eigenvalue weighted by Gasteiger charge is -2.27. The maximum Gasteiger partial charge on any atom is 0.407 e. The number of hydrogen-bond donors (Lipinski definition) is 1. The number of alkyl carbamates (subject to hydrolysis) is 1. The van der Waals surface area contributed by atoms with Crippen molar-refractivity contribution in [2.75, 3.05) is 6.61 Å². The summed E-state index contributed by atoms with van der Waals surface area (Å²) in [5.74, 6) is 0.467. The van der Waals surface area contributed by atoms with Gasteiger partial charge >= 0.3 is 6.09 Å². The summed E-state index contributed by atoms with van der Waals surface area (Å²) in [4.78, 5) is 12.8. The molecule has 0 aromatic heterocycles. The van der Waals surface area contributed by atoms with E-state index >= 15 is 0 Å². The van der Waals surface area contributed by atoms with Gasteiger partial charge in [0.15, 0.2) is 0 Å². The Morgan fingerprint density at radius 1 is 0.775 bits per heavy atom. The molecule has 1 aromatic rings. The molecule has 1 unspecified atom stereocenters. The highest BCUT2D eigenvalue weighted by atomic mass is 16.5. The molecule has 230 valence electrons. The molecule has 1 atom stereocenters. The number of rotatable bonds is 25. The first-order valence-electron chi connectivity index (χ1n) is 17.0. The first-order chi connectivity index (χ1) is 19.3. The van der Waals surface area contributed by atoms with Gasteiger partial charge in [0.1, 0.15) is 0 Å². The van der Waals surface area contributed by atoms with E-state index in [4.69, 9.17) is 4.74 Å². The van der Waals surface area contributed by atoms with Crippen LogP contribution in [0.3, 0.4) is 0 Å². The molecule has 0 aliphatic rings. The monoisotopic (exact) mass is 556 g/mol. The van der Waals surface area contributed by atoms with Gasteiger partial charge in [-0.05, 0) is 56.7 Å². The predicted molar refractivity (Wildman–Crippen MR) is 176 cm³/mol. The Balaban J connectivity index is 2.46. The van der Waals surface area contributed by atoms with Crippen molar-refractivity contribution in [2.24, 2.45) is 5.92 Å². The maximum atomic E-state index is 12.8. The first-order valence-corrected chi connectivity index (χ1v) is 17.0. The topological polar surface area (TPSA) is 38.3 Å². The largest absolute Gasteiger partial charge is 0.449 e. The van der Waals surface area contributed by atoms with Crippen molar-refractivity contribution < 1.29 is 9.53 Å². The lowest BCUT2D eigenvalue weighted by atomic mass is 9.92. The minimum atomic E-state index is -0.508. The van der Waals surface area contributed by atoms with E-state index in [0.29, 0.717) is 12.5 Å². The molecule has 40 heavy (non-hydrogen) atoms. The molecule has 1 amide bonds. The highest BCUT2D eigenvalue weighted by Gasteiger charge is 2.24. The molecule has 0 bridgehead atoms. The molecule has 0 saturated carbocycles. The van der Waals surface area contributed by atoms with E-state index < -0.39 is 5.54 Å². The second-order valence-corrected chi connectivity index (χ2v) is 12.8. The molecular formula is C37H65NO2. The third-order valence-electron chi connectivity index (χ3n) is 8.37. The normalized spacial score (nSPS) is 12.3. The van der Waals surface area contributed by atoms with Crippen LogP contribution in [0, 0.1) is 5.92 Å². The van der Waals surface area contributed by atoms with E-state index in [-0.39, 0.29) is 6.09 Å². The Kier molecular flexibility index (Phi) is 20.7. The van der Waals surface area contributed by atoms with E-state index in [9.17, 15) is 4.79 Å². The van der Waals surface area contributed by atoms with Gasteiger partial charge in [0.05, 0.1) is 12.1 Å². The van der Waals surface area contributed by atoms with E-state index in [1.165, 1.54) is 128 Å². The average Bonchev–Trinajstić information content (AvgIpc) is 2.93. The summed E-state index contributed by atoms with van der Waals surface area (Å²) >= 11 is 0. The Labute approximate surface area is 249 Å². The zero-order valence-electron chi connectivity index (χ0n) is 27.3. The van der Waals surface area contributed by atoms with Crippen molar-refractivity contribution in [3.8, 4) is 0 Å². The van der Waals surface area contributed by atoms with Gasteiger partial charge < -0.3 is 10.1 Å². The van der Waals surface area contributed by atoms with Crippen LogP contribution in [-0.4, -0.2) is 12.7 Å². The second kappa shape index (κ2) is 22.9. The number of unbranched alkanes of at least 4 members (excludes halogenated alkanes) is 16. The molecule has 3 heteroatoms. The minimum absolute atomic E-state index is 0.310. The Morgan fingerprint density at radius 3 is 1.68 bits per heavy atom. The summed E-state index contributed by atoms with van der Waals surface area (Å²) in [6, 6.07) is 8.26. The number of nitrogens with one attached hydrogen (secondary N) is 1. The van der Waals surface area contributed by atoms with Gasteiger partial charge in [-0.25, -0.2) is 4.79 Å². The van der Waals surface area contributed by atoms with Crippen LogP contribution in [0.2, 0.25) is 0 Å². The summed E-state index contributed by atoms with van der Waals surface area (Å²) in [7, 11) is 0. The van der Waals surface area contributed by atoms with E-state index in [2.05, 4.69) is 43.9 Å². The van der Waals surface area contributed by atoms with Gasteiger partial charge in [0, 0.05) is 0 Å². The number of carbonyl (C=O) groups is 1. The second-order valence-electron chi connectivity index (χ2n) is 12.8. The number of carbonyl (C=O) groups excluding carboxylic acids is 1. The van der Waals surface area contributed by atoms with Crippen LogP contribution >= 0.6 is 0 Å². The number of benzene rings is 1. The molecule has 1 aromatic carbocycles. The predicted octanol–water partition coefficient (Wildman–Crippen LogP) is 12.1. The quantitative estimate of drug-likeness (QED) is 0.122. The van der Waals surface area contributed by atoms with Crippen molar-refractivity contribution in [3.63, 3.8) is 0 Å². The molecule has 1 rings (SSSR count). The smallest absolute Gasteiger partial charge is 0.407 e. The number of amides is 1. The van der Waals surface area contributed by atoms with Gasteiger partial charge in [0.2, 0.25) is 0 Å². The van der Waals surface area contributed by atoms with E-state index in [0.717, 1.165) is 16.7 Å². The van der Waals surface area contributed by atoms with E-state index in [1.807, 2.05) is 26.8 Å². The summed E-state index contributed by atoms with van der Waals surface area (Å²) in [6.07, 6.45) is 26.3. The maximum absolute atomic E-state index is 12.8. The molecule has 0 spiro atoms. The van der Waals surface area contributed by atoms with Crippen LogP contribution in [0.4, 0.5) is 4.79 Å². The minimum Gasteiger partial charge on any atom is -0.449 e. The Bertz CT molecular complexity index is 784. The zero-order chi connectivity index (χ0) is 29.5. The highest BCUT2D eigenvalue weighted by Crippen LogP contribution is 2.25. The number of hydrogen-bond acceptors (Lipinski definition) is 2. The van der Waals surface area contributed by atoms with E-state index in [1.54, 1.807) is 0 Å². The average molecular weight is 556 g/mol. The van der Waals surface area contributed by atoms with Crippen molar-refractivity contribution in [1.29, 1.82) is 0 Å². The molecule has 1 N–H and O–H groups in total. The SMILES string of the molecule is C=C(C)c1cccc(C(C)(C)NC(=O)OCC(CCCCCCCCCC)CCCCCCCCCCCC)c1. The fraction of sp³-hybridized carbons (Fsp3) is 0.757. The summed E-state index contributed by atoms with van der Waals surface area (Å²) < 4.78 is 5.84. The molecular weight excluding hydrogens is 490 g/mol. The first kappa shape index (κ1) is 36.3. The summed E-state index contributed by atoms with van der Waals surface area (Å²) in [5.41, 5.74) is 2.68. The number of ether oxygens (including phenoxy) is 1. The van der Waals surface area contributed by atoms with Gasteiger partial charge in [-0.3, -0.25) is 0 Å². The number of allylic oxidation sites excluding steroid dienone is 1. The Morgan fingerprint density at radius 2 is 1.23 bits per heavy atom. The van der Waals surface area contributed by atoms with Gasteiger partial charge in [-0.2, -0.15) is 0 Å².